The van der Waals surface area contributed by atoms with E-state index in [2.05, 4.69) is 20.0 Å². The van der Waals surface area contributed by atoms with Crippen LogP contribution in [0.5, 0.6) is 0 Å². The van der Waals surface area contributed by atoms with Gasteiger partial charge in [-0.2, -0.15) is 15.5 Å². The van der Waals surface area contributed by atoms with Gasteiger partial charge in [-0.25, -0.2) is 12.8 Å². The number of aryl methyl sites for hydroxylation is 1. The summed E-state index contributed by atoms with van der Waals surface area (Å²) in [4.78, 5) is -0.182. The number of aromatic nitrogens is 4. The molecule has 0 aliphatic rings. The Bertz CT molecular complexity index is 1090. The van der Waals surface area contributed by atoms with Crippen molar-refractivity contribution in [2.45, 2.75) is 17.9 Å². The number of aliphatic hydroxyl groups is 1. The summed E-state index contributed by atoms with van der Waals surface area (Å²) in [7, 11) is -4.01. The lowest BCUT2D eigenvalue weighted by Gasteiger charge is -2.10. The molecular weight excluding hydrogens is 363 g/mol. The van der Waals surface area contributed by atoms with E-state index in [1.807, 2.05) is 6.07 Å². The smallest absolute Gasteiger partial charge is 0.265 e. The predicted octanol–water partition coefficient (Wildman–Crippen LogP) is 1.24. The molecule has 1 aromatic carbocycles. The minimum Gasteiger partial charge on any atom is -0.394 e. The zero-order valence-electron chi connectivity index (χ0n) is 13.6. The number of rotatable bonds is 6. The van der Waals surface area contributed by atoms with Crippen LogP contribution < -0.4 is 4.72 Å². The topological polar surface area (TPSA) is 137 Å². The zero-order chi connectivity index (χ0) is 18.9. The molecule has 0 saturated heterocycles. The number of anilines is 1. The summed E-state index contributed by atoms with van der Waals surface area (Å²) in [5.41, 5.74) is 1.54. The molecule has 3 N–H and O–H groups in total. The van der Waals surface area contributed by atoms with Crippen molar-refractivity contribution in [3.8, 4) is 6.07 Å². The SMILES string of the molecule is Cc1ccc(NS(=O)(=O)c2cnn(C(CO)CF)c2)c2[nH]nc(C#N)c12. The lowest BCUT2D eigenvalue weighted by molar-refractivity contribution is 0.190. The number of alkyl halides is 1. The molecule has 0 spiro atoms. The summed E-state index contributed by atoms with van der Waals surface area (Å²) in [6.07, 6.45) is 2.21. The highest BCUT2D eigenvalue weighted by molar-refractivity contribution is 7.92. The molecule has 0 saturated carbocycles. The van der Waals surface area contributed by atoms with Crippen LogP contribution in [0.25, 0.3) is 10.9 Å². The maximum absolute atomic E-state index is 12.8. The van der Waals surface area contributed by atoms with Gasteiger partial charge in [-0.1, -0.05) is 6.07 Å². The van der Waals surface area contributed by atoms with Crippen LogP contribution in [0.4, 0.5) is 10.1 Å². The Morgan fingerprint density at radius 2 is 2.27 bits per heavy atom. The molecule has 2 aromatic heterocycles. The van der Waals surface area contributed by atoms with Gasteiger partial charge in [0.2, 0.25) is 0 Å². The molecule has 1 unspecified atom stereocenters. The number of benzene rings is 1. The monoisotopic (exact) mass is 378 g/mol. The molecular formula is C15H15FN6O3S. The number of aliphatic hydroxyl groups excluding tert-OH is 1. The van der Waals surface area contributed by atoms with E-state index in [4.69, 9.17) is 10.4 Å². The molecule has 3 rings (SSSR count). The molecule has 0 aliphatic heterocycles. The van der Waals surface area contributed by atoms with Crippen LogP contribution in [0, 0.1) is 18.3 Å². The number of nitrogens with zero attached hydrogens (tertiary/aromatic N) is 4. The van der Waals surface area contributed by atoms with Gasteiger partial charge in [-0.3, -0.25) is 14.5 Å². The van der Waals surface area contributed by atoms with Crippen LogP contribution in [0.2, 0.25) is 0 Å². The second kappa shape index (κ2) is 6.74. The second-order valence-corrected chi connectivity index (χ2v) is 7.30. The largest absolute Gasteiger partial charge is 0.394 e. The number of aromatic amines is 1. The molecule has 2 heterocycles. The van der Waals surface area contributed by atoms with Crippen molar-refractivity contribution < 1.29 is 17.9 Å². The first-order valence-corrected chi connectivity index (χ1v) is 9.01. The highest BCUT2D eigenvalue weighted by Crippen LogP contribution is 2.28. The van der Waals surface area contributed by atoms with E-state index in [9.17, 15) is 12.8 Å². The van der Waals surface area contributed by atoms with Gasteiger partial charge >= 0.3 is 0 Å². The fraction of sp³-hybridized carbons (Fsp3) is 0.267. The number of fused-ring (bicyclic) bond motifs is 1. The lowest BCUT2D eigenvalue weighted by atomic mass is 10.1. The molecule has 26 heavy (non-hydrogen) atoms. The van der Waals surface area contributed by atoms with Crippen LogP contribution in [0.3, 0.4) is 0 Å². The van der Waals surface area contributed by atoms with Gasteiger partial charge in [-0.05, 0) is 18.6 Å². The Balaban J connectivity index is 1.99. The third-order valence-electron chi connectivity index (χ3n) is 3.93. The van der Waals surface area contributed by atoms with Gasteiger partial charge in [0.1, 0.15) is 23.7 Å². The van der Waals surface area contributed by atoms with E-state index < -0.39 is 29.3 Å². The Kier molecular flexibility index (Phi) is 4.62. The summed E-state index contributed by atoms with van der Waals surface area (Å²) in [6.45, 7) is 0.399. The molecule has 0 amide bonds. The summed E-state index contributed by atoms with van der Waals surface area (Å²) in [5.74, 6) is 0. The third-order valence-corrected chi connectivity index (χ3v) is 5.25. The van der Waals surface area contributed by atoms with Crippen LogP contribution in [-0.4, -0.2) is 46.8 Å². The van der Waals surface area contributed by atoms with Gasteiger partial charge < -0.3 is 5.11 Å². The second-order valence-electron chi connectivity index (χ2n) is 5.62. The average molecular weight is 378 g/mol. The van der Waals surface area contributed by atoms with Crippen LogP contribution in [0.1, 0.15) is 17.3 Å². The van der Waals surface area contributed by atoms with E-state index in [1.165, 1.54) is 0 Å². The Hall–Kier alpha value is -2.97. The fourth-order valence-corrected chi connectivity index (χ4v) is 3.54. The summed E-state index contributed by atoms with van der Waals surface area (Å²) >= 11 is 0. The predicted molar refractivity (Wildman–Crippen MR) is 90.7 cm³/mol. The molecule has 3 aromatic rings. The molecule has 136 valence electrons. The number of hydrogen-bond donors (Lipinski definition) is 3. The van der Waals surface area contributed by atoms with E-state index in [0.717, 1.165) is 22.6 Å². The van der Waals surface area contributed by atoms with Crippen molar-refractivity contribution >= 4 is 26.6 Å². The third kappa shape index (κ3) is 3.00. The summed E-state index contributed by atoms with van der Waals surface area (Å²) < 4.78 is 41.5. The van der Waals surface area contributed by atoms with Gasteiger partial charge in [0.05, 0.1) is 24.0 Å². The van der Waals surface area contributed by atoms with Crippen LogP contribution >= 0.6 is 0 Å². The number of hydrogen-bond acceptors (Lipinski definition) is 6. The summed E-state index contributed by atoms with van der Waals surface area (Å²) in [5, 5.41) is 29.1. The summed E-state index contributed by atoms with van der Waals surface area (Å²) in [6, 6.07) is 4.22. The number of nitrogens with one attached hydrogen (secondary N) is 2. The van der Waals surface area contributed by atoms with E-state index in [1.54, 1.807) is 19.1 Å². The highest BCUT2D eigenvalue weighted by atomic mass is 32.2. The minimum absolute atomic E-state index is 0.167. The average Bonchev–Trinajstić information content (AvgIpc) is 3.26. The van der Waals surface area contributed by atoms with E-state index >= 15 is 0 Å². The first-order valence-electron chi connectivity index (χ1n) is 7.53. The van der Waals surface area contributed by atoms with Gasteiger partial charge in [0.15, 0.2) is 5.69 Å². The van der Waals surface area contributed by atoms with E-state index in [0.29, 0.717) is 10.9 Å². The highest BCUT2D eigenvalue weighted by Gasteiger charge is 2.21. The molecule has 11 heteroatoms. The normalized spacial score (nSPS) is 12.8. The van der Waals surface area contributed by atoms with Crippen molar-refractivity contribution in [3.63, 3.8) is 0 Å². The van der Waals surface area contributed by atoms with Crippen molar-refractivity contribution in [1.29, 1.82) is 5.26 Å². The van der Waals surface area contributed by atoms with Gasteiger partial charge in [0.25, 0.3) is 10.0 Å². The van der Waals surface area contributed by atoms with Gasteiger partial charge in [-0.15, -0.1) is 0 Å². The lowest BCUT2D eigenvalue weighted by Crippen LogP contribution is -2.16. The molecule has 9 nitrogen and oxygen atoms in total. The van der Waals surface area contributed by atoms with Gasteiger partial charge in [0, 0.05) is 11.6 Å². The first-order chi connectivity index (χ1) is 12.4. The molecule has 0 aliphatic carbocycles. The molecule has 0 bridgehead atoms. The number of H-pyrrole nitrogens is 1. The Morgan fingerprint density at radius 1 is 1.50 bits per heavy atom. The number of nitriles is 1. The maximum atomic E-state index is 12.8. The zero-order valence-corrected chi connectivity index (χ0v) is 14.5. The van der Waals surface area contributed by atoms with Crippen molar-refractivity contribution in [2.75, 3.05) is 18.0 Å². The Morgan fingerprint density at radius 3 is 2.92 bits per heavy atom. The van der Waals surface area contributed by atoms with Crippen molar-refractivity contribution in [2.24, 2.45) is 0 Å². The standard InChI is InChI=1S/C15H15FN6O3S/c1-9-2-3-12(15-14(9)13(5-17)19-20-15)21-26(24,25)11-6-18-22(7-11)10(4-16)8-23/h2-3,6-7,10,21,23H,4,8H2,1H3,(H,19,20). The van der Waals surface area contributed by atoms with Crippen molar-refractivity contribution in [1.82, 2.24) is 20.0 Å². The fourth-order valence-electron chi connectivity index (χ4n) is 2.53. The molecule has 1 atom stereocenters. The van der Waals surface area contributed by atoms with Crippen LogP contribution in [0.15, 0.2) is 29.4 Å². The molecule has 0 radical (unpaired) electrons. The minimum atomic E-state index is -4.01. The number of sulfonamides is 1. The van der Waals surface area contributed by atoms with Crippen LogP contribution in [-0.2, 0) is 10.0 Å². The number of halogens is 1. The first kappa shape index (κ1) is 17.8. The van der Waals surface area contributed by atoms with Crippen molar-refractivity contribution in [3.05, 3.63) is 35.8 Å². The molecule has 0 fully saturated rings. The van der Waals surface area contributed by atoms with E-state index in [-0.39, 0.29) is 16.3 Å². The Labute approximate surface area is 148 Å². The quantitative estimate of drug-likeness (QED) is 0.590. The maximum Gasteiger partial charge on any atom is 0.265 e.